The van der Waals surface area contributed by atoms with Crippen molar-refractivity contribution in [3.63, 3.8) is 0 Å². The molecule has 2 aliphatic rings. The predicted octanol–water partition coefficient (Wildman–Crippen LogP) is 4.12. The van der Waals surface area contributed by atoms with E-state index < -0.39 is 12.0 Å². The normalized spacial score (nSPS) is 26.0. The van der Waals surface area contributed by atoms with E-state index >= 15 is 0 Å². The fourth-order valence-corrected chi connectivity index (χ4v) is 5.21. The first-order valence-corrected chi connectivity index (χ1v) is 11.6. The maximum absolute atomic E-state index is 11.1. The van der Waals surface area contributed by atoms with Crippen molar-refractivity contribution in [3.05, 3.63) is 65.2 Å². The maximum Gasteiger partial charge on any atom is 0.320 e. The summed E-state index contributed by atoms with van der Waals surface area (Å²) in [6.45, 7) is 1.52. The average Bonchev–Trinajstić information content (AvgIpc) is 3.24. The van der Waals surface area contributed by atoms with Gasteiger partial charge in [0.1, 0.15) is 17.9 Å². The van der Waals surface area contributed by atoms with E-state index in [0.29, 0.717) is 24.8 Å². The zero-order valence-electron chi connectivity index (χ0n) is 18.3. The molecule has 31 heavy (non-hydrogen) atoms. The molecule has 0 unspecified atom stereocenters. The summed E-state index contributed by atoms with van der Waals surface area (Å²) < 4.78 is 6.06. The van der Waals surface area contributed by atoms with E-state index in [1.807, 2.05) is 13.1 Å². The highest BCUT2D eigenvalue weighted by atomic mass is 16.5. The molecule has 0 radical (unpaired) electrons. The van der Waals surface area contributed by atoms with Gasteiger partial charge in [0, 0.05) is 19.5 Å². The van der Waals surface area contributed by atoms with Gasteiger partial charge in [0.2, 0.25) is 0 Å². The Kier molecular flexibility index (Phi) is 7.25. The molecule has 166 valence electrons. The molecule has 0 bridgehead atoms. The number of hydrogen-bond acceptors (Lipinski definition) is 4. The summed E-state index contributed by atoms with van der Waals surface area (Å²) in [5, 5.41) is 15.4. The third-order valence-electron chi connectivity index (χ3n) is 6.82. The second-order valence-electron chi connectivity index (χ2n) is 9.07. The minimum absolute atomic E-state index is 0.0792. The first-order valence-electron chi connectivity index (χ1n) is 11.6. The van der Waals surface area contributed by atoms with E-state index in [0.717, 1.165) is 18.7 Å². The molecular formula is C26H34N2O3. The molecule has 1 aliphatic heterocycles. The number of carbonyl (C=O) groups is 1. The smallest absolute Gasteiger partial charge is 0.320 e. The van der Waals surface area contributed by atoms with Crippen LogP contribution < -0.4 is 15.4 Å². The number of aliphatic carboxylic acids is 1. The number of carboxylic acid groups (broad SMARTS) is 1. The summed E-state index contributed by atoms with van der Waals surface area (Å²) in [4.78, 5) is 11.1. The van der Waals surface area contributed by atoms with Crippen LogP contribution in [0, 0.1) is 5.92 Å². The van der Waals surface area contributed by atoms with Crippen molar-refractivity contribution < 1.29 is 14.6 Å². The summed E-state index contributed by atoms with van der Waals surface area (Å²) in [5.41, 5.74) is 4.28. The van der Waals surface area contributed by atoms with E-state index in [4.69, 9.17) is 9.84 Å². The predicted molar refractivity (Wildman–Crippen MR) is 123 cm³/mol. The molecule has 2 fully saturated rings. The Morgan fingerprint density at radius 2 is 1.94 bits per heavy atom. The van der Waals surface area contributed by atoms with Crippen molar-refractivity contribution in [2.45, 2.75) is 63.1 Å². The van der Waals surface area contributed by atoms with Gasteiger partial charge >= 0.3 is 5.97 Å². The third kappa shape index (κ3) is 5.66. The van der Waals surface area contributed by atoms with Gasteiger partial charge in [-0.2, -0.15) is 0 Å². The number of ether oxygens (including phenoxy) is 1. The largest absolute Gasteiger partial charge is 0.489 e. The van der Waals surface area contributed by atoms with E-state index in [1.54, 1.807) is 0 Å². The maximum atomic E-state index is 11.1. The van der Waals surface area contributed by atoms with Gasteiger partial charge in [0.05, 0.1) is 0 Å². The van der Waals surface area contributed by atoms with E-state index in [2.05, 4.69) is 53.1 Å². The average molecular weight is 423 g/mol. The lowest BCUT2D eigenvalue weighted by Crippen LogP contribution is -2.30. The van der Waals surface area contributed by atoms with Crippen molar-refractivity contribution in [2.75, 3.05) is 13.6 Å². The summed E-state index contributed by atoms with van der Waals surface area (Å²) in [6, 6.07) is 16.7. The van der Waals surface area contributed by atoms with Crippen molar-refractivity contribution in [1.29, 1.82) is 0 Å². The number of benzene rings is 2. The van der Waals surface area contributed by atoms with Crippen LogP contribution in [0.5, 0.6) is 5.75 Å². The highest BCUT2D eigenvalue weighted by Crippen LogP contribution is 2.38. The Labute approximate surface area is 185 Å². The van der Waals surface area contributed by atoms with Gasteiger partial charge in [0.25, 0.3) is 0 Å². The molecule has 3 N–H and O–H groups in total. The Bertz CT molecular complexity index is 876. The molecule has 0 aromatic heterocycles. The Morgan fingerprint density at radius 1 is 1.13 bits per heavy atom. The van der Waals surface area contributed by atoms with Crippen LogP contribution in [0.4, 0.5) is 0 Å². The van der Waals surface area contributed by atoms with Crippen LogP contribution in [-0.4, -0.2) is 36.8 Å². The van der Waals surface area contributed by atoms with Gasteiger partial charge in [-0.3, -0.25) is 4.79 Å². The number of hydrogen-bond donors (Lipinski definition) is 3. The number of rotatable bonds is 8. The van der Waals surface area contributed by atoms with Crippen LogP contribution >= 0.6 is 0 Å². The molecule has 2 aromatic carbocycles. The van der Waals surface area contributed by atoms with Crippen molar-refractivity contribution in [2.24, 2.45) is 5.92 Å². The number of nitrogens with one attached hydrogen (secondary N) is 2. The standard InChI is InChI=1S/C26H34N2O3/c1-27-16-21-6-2-3-8-24(21)20-11-9-18(10-12-20)13-19-5-4-7-22(14-19)31-23-15-25(26(29)30)28-17-23/h2-8,14,18,20,23,25,27-28H,9-13,15-17H2,1H3,(H,29,30)/t18-,20-,23-,25+/m1/s1. The Balaban J connectivity index is 1.30. The molecule has 1 saturated carbocycles. The van der Waals surface area contributed by atoms with E-state index in [9.17, 15) is 4.79 Å². The lowest BCUT2D eigenvalue weighted by molar-refractivity contribution is -0.139. The third-order valence-corrected chi connectivity index (χ3v) is 6.82. The van der Waals surface area contributed by atoms with Gasteiger partial charge in [-0.05, 0) is 79.8 Å². The second kappa shape index (κ2) is 10.3. The van der Waals surface area contributed by atoms with Crippen LogP contribution in [0.3, 0.4) is 0 Å². The first kappa shape index (κ1) is 21.8. The molecule has 5 nitrogen and oxygen atoms in total. The van der Waals surface area contributed by atoms with Crippen LogP contribution in [0.2, 0.25) is 0 Å². The highest BCUT2D eigenvalue weighted by Gasteiger charge is 2.30. The monoisotopic (exact) mass is 422 g/mol. The molecule has 5 heteroatoms. The fraction of sp³-hybridized carbons (Fsp3) is 0.500. The summed E-state index contributed by atoms with van der Waals surface area (Å²) in [5.74, 6) is 1.44. The van der Waals surface area contributed by atoms with Crippen molar-refractivity contribution in [3.8, 4) is 5.75 Å². The van der Waals surface area contributed by atoms with Crippen LogP contribution in [0.15, 0.2) is 48.5 Å². The zero-order valence-corrected chi connectivity index (χ0v) is 18.3. The fourth-order valence-electron chi connectivity index (χ4n) is 5.21. The summed E-state index contributed by atoms with van der Waals surface area (Å²) >= 11 is 0. The molecule has 4 rings (SSSR count). The Morgan fingerprint density at radius 3 is 2.68 bits per heavy atom. The molecule has 2 atom stereocenters. The topological polar surface area (TPSA) is 70.6 Å². The van der Waals surface area contributed by atoms with Gasteiger partial charge in [-0.15, -0.1) is 0 Å². The SMILES string of the molecule is CNCc1ccccc1[C@H]1CC[C@H](Cc2cccc(O[C@H]3CN[C@H](C(=O)O)C3)c2)CC1. The lowest BCUT2D eigenvalue weighted by Gasteiger charge is -2.30. The molecule has 0 spiro atoms. The van der Waals surface area contributed by atoms with Gasteiger partial charge in [-0.25, -0.2) is 0 Å². The summed E-state index contributed by atoms with van der Waals surface area (Å²) in [7, 11) is 2.01. The Hall–Kier alpha value is -2.37. The minimum atomic E-state index is -0.802. The number of carboxylic acids is 1. The summed E-state index contributed by atoms with van der Waals surface area (Å²) in [6.07, 6.45) is 6.55. The molecule has 0 amide bonds. The molecule has 1 aliphatic carbocycles. The van der Waals surface area contributed by atoms with Crippen LogP contribution in [-0.2, 0) is 17.8 Å². The van der Waals surface area contributed by atoms with Gasteiger partial charge in [-0.1, -0.05) is 36.4 Å². The van der Waals surface area contributed by atoms with Crippen LogP contribution in [0.25, 0.3) is 0 Å². The van der Waals surface area contributed by atoms with E-state index in [1.165, 1.54) is 42.4 Å². The van der Waals surface area contributed by atoms with Crippen LogP contribution in [0.1, 0.15) is 54.7 Å². The molecule has 1 heterocycles. The van der Waals surface area contributed by atoms with E-state index in [-0.39, 0.29) is 6.10 Å². The van der Waals surface area contributed by atoms with Crippen molar-refractivity contribution >= 4 is 5.97 Å². The van der Waals surface area contributed by atoms with Gasteiger partial charge in [0.15, 0.2) is 0 Å². The lowest BCUT2D eigenvalue weighted by atomic mass is 9.75. The minimum Gasteiger partial charge on any atom is -0.489 e. The zero-order chi connectivity index (χ0) is 21.6. The van der Waals surface area contributed by atoms with Gasteiger partial charge < -0.3 is 20.5 Å². The molecule has 2 aromatic rings. The quantitative estimate of drug-likeness (QED) is 0.597. The molecular weight excluding hydrogens is 388 g/mol. The first-order chi connectivity index (χ1) is 15.1. The highest BCUT2D eigenvalue weighted by molar-refractivity contribution is 5.73. The molecule has 1 saturated heterocycles. The second-order valence-corrected chi connectivity index (χ2v) is 9.07. The van der Waals surface area contributed by atoms with Crippen molar-refractivity contribution in [1.82, 2.24) is 10.6 Å².